The average molecular weight is 486 g/mol. The number of nitrogens with two attached hydrogens (primary N) is 1. The van der Waals surface area contributed by atoms with Crippen molar-refractivity contribution >= 4 is 35.0 Å². The summed E-state index contributed by atoms with van der Waals surface area (Å²) in [4.78, 5) is 40.8. The highest BCUT2D eigenvalue weighted by molar-refractivity contribution is 5.84. The summed E-state index contributed by atoms with van der Waals surface area (Å²) in [6, 6.07) is 16.0. The van der Waals surface area contributed by atoms with Crippen LogP contribution in [0.2, 0.25) is 0 Å². The second-order valence-corrected chi connectivity index (χ2v) is 8.76. The molecule has 0 atom stereocenters. The normalized spacial score (nSPS) is 15.1. The Labute approximate surface area is 205 Å². The number of rotatable bonds is 4. The minimum atomic E-state index is -1.01. The third-order valence-electron chi connectivity index (χ3n) is 6.61. The Morgan fingerprint density at radius 2 is 1.61 bits per heavy atom. The van der Waals surface area contributed by atoms with Gasteiger partial charge in [-0.25, -0.2) is 9.78 Å². The molecule has 6 rings (SSSR count). The van der Waals surface area contributed by atoms with Crippen LogP contribution in [0.5, 0.6) is 0 Å². The summed E-state index contributed by atoms with van der Waals surface area (Å²) in [6.07, 6.45) is 0.588. The Balaban J connectivity index is 1.15. The molecular weight excluding hydrogens is 462 g/mol. The highest BCUT2D eigenvalue weighted by Crippen LogP contribution is 2.45. The number of fused-ring (bicyclic) bond motifs is 4. The molecule has 1 aliphatic carbocycles. The van der Waals surface area contributed by atoms with Crippen LogP contribution < -0.4 is 10.6 Å². The van der Waals surface area contributed by atoms with E-state index in [9.17, 15) is 9.59 Å². The minimum absolute atomic E-state index is 0.161. The standard InChI is InChI=1S/C25H23N7O4/c26-22-20-23(27-14-32(20)13-19(33)34)29-24(28-22)30-9-11-31(12-10-30)25(35)36-21-17-7-3-1-5-15(17)16-6-2-4-8-18(16)21/h1-8,14,21H,9-13H2,(H,33,34)(H2,26,28,29). The minimum Gasteiger partial charge on any atom is -0.480 e. The van der Waals surface area contributed by atoms with Crippen molar-refractivity contribution < 1.29 is 19.4 Å². The van der Waals surface area contributed by atoms with Crippen LogP contribution in [0.25, 0.3) is 22.3 Å². The number of imidazole rings is 1. The van der Waals surface area contributed by atoms with Crippen LogP contribution in [0.4, 0.5) is 16.6 Å². The van der Waals surface area contributed by atoms with E-state index < -0.39 is 12.1 Å². The number of benzene rings is 2. The predicted molar refractivity (Wildman–Crippen MR) is 131 cm³/mol. The van der Waals surface area contributed by atoms with Crippen molar-refractivity contribution in [1.29, 1.82) is 0 Å². The third-order valence-corrected chi connectivity index (χ3v) is 6.61. The molecule has 11 nitrogen and oxygen atoms in total. The number of ether oxygens (including phenoxy) is 1. The first-order valence-corrected chi connectivity index (χ1v) is 11.6. The lowest BCUT2D eigenvalue weighted by Crippen LogP contribution is -2.49. The van der Waals surface area contributed by atoms with Crippen molar-refractivity contribution in [3.8, 4) is 11.1 Å². The summed E-state index contributed by atoms with van der Waals surface area (Å²) >= 11 is 0. The summed E-state index contributed by atoms with van der Waals surface area (Å²) in [5.74, 6) is -0.452. The molecular formula is C25H23N7O4. The second-order valence-electron chi connectivity index (χ2n) is 8.76. The number of hydrogen-bond acceptors (Lipinski definition) is 8. The molecule has 0 saturated carbocycles. The lowest BCUT2D eigenvalue weighted by atomic mass is 10.1. The molecule has 0 radical (unpaired) electrons. The molecule has 1 aliphatic heterocycles. The number of piperazine rings is 1. The predicted octanol–water partition coefficient (Wildman–Crippen LogP) is 2.52. The molecule has 1 saturated heterocycles. The molecule has 11 heteroatoms. The van der Waals surface area contributed by atoms with Gasteiger partial charge in [0.1, 0.15) is 12.1 Å². The molecule has 2 aromatic carbocycles. The van der Waals surface area contributed by atoms with Crippen LogP contribution in [0.3, 0.4) is 0 Å². The molecule has 0 bridgehead atoms. The Bertz CT molecular complexity index is 1450. The number of aliphatic carboxylic acids is 1. The molecule has 2 aromatic heterocycles. The molecule has 1 fully saturated rings. The molecule has 182 valence electrons. The van der Waals surface area contributed by atoms with E-state index in [0.717, 1.165) is 22.3 Å². The third kappa shape index (κ3) is 3.65. The first-order chi connectivity index (χ1) is 17.5. The van der Waals surface area contributed by atoms with E-state index in [1.165, 1.54) is 10.9 Å². The van der Waals surface area contributed by atoms with Gasteiger partial charge in [-0.15, -0.1) is 0 Å². The van der Waals surface area contributed by atoms with E-state index in [-0.39, 0.29) is 18.5 Å². The van der Waals surface area contributed by atoms with Crippen molar-refractivity contribution in [3.63, 3.8) is 0 Å². The van der Waals surface area contributed by atoms with Crippen LogP contribution in [0, 0.1) is 0 Å². The zero-order valence-corrected chi connectivity index (χ0v) is 19.2. The van der Waals surface area contributed by atoms with Crippen LogP contribution >= 0.6 is 0 Å². The first-order valence-electron chi connectivity index (χ1n) is 11.6. The number of carbonyl (C=O) groups is 2. The highest BCUT2D eigenvalue weighted by Gasteiger charge is 2.33. The second kappa shape index (κ2) is 8.52. The van der Waals surface area contributed by atoms with Crippen molar-refractivity contribution in [1.82, 2.24) is 24.4 Å². The fourth-order valence-corrected chi connectivity index (χ4v) is 4.90. The van der Waals surface area contributed by atoms with E-state index >= 15 is 0 Å². The number of amides is 1. The van der Waals surface area contributed by atoms with Gasteiger partial charge in [0, 0.05) is 37.3 Å². The Morgan fingerprint density at radius 1 is 0.972 bits per heavy atom. The average Bonchev–Trinajstić information content (AvgIpc) is 3.43. The van der Waals surface area contributed by atoms with E-state index in [1.54, 1.807) is 4.90 Å². The quantitative estimate of drug-likeness (QED) is 0.446. The topological polar surface area (TPSA) is 140 Å². The van der Waals surface area contributed by atoms with Crippen LogP contribution in [-0.2, 0) is 16.1 Å². The number of nitrogen functional groups attached to an aromatic ring is 1. The summed E-state index contributed by atoms with van der Waals surface area (Å²) in [7, 11) is 0. The fraction of sp³-hybridized carbons (Fsp3) is 0.240. The smallest absolute Gasteiger partial charge is 0.410 e. The van der Waals surface area contributed by atoms with Crippen LogP contribution in [-0.4, -0.2) is 67.8 Å². The van der Waals surface area contributed by atoms with E-state index in [4.69, 9.17) is 15.6 Å². The first kappa shape index (κ1) is 21.8. The molecule has 4 aromatic rings. The Morgan fingerprint density at radius 3 is 2.25 bits per heavy atom. The summed E-state index contributed by atoms with van der Waals surface area (Å²) in [6.45, 7) is 1.58. The number of carbonyl (C=O) groups excluding carboxylic acids is 1. The molecule has 3 N–H and O–H groups in total. The van der Waals surface area contributed by atoms with E-state index in [1.807, 2.05) is 53.4 Å². The van der Waals surface area contributed by atoms with Crippen LogP contribution in [0.15, 0.2) is 54.9 Å². The lowest BCUT2D eigenvalue weighted by molar-refractivity contribution is -0.137. The number of carboxylic acids is 1. The zero-order chi connectivity index (χ0) is 24.8. The van der Waals surface area contributed by atoms with Gasteiger partial charge in [0.05, 0.1) is 6.33 Å². The van der Waals surface area contributed by atoms with Gasteiger partial charge >= 0.3 is 12.1 Å². The number of aromatic nitrogens is 4. The van der Waals surface area contributed by atoms with Gasteiger partial charge in [-0.05, 0) is 11.1 Å². The van der Waals surface area contributed by atoms with Gasteiger partial charge in [0.2, 0.25) is 5.95 Å². The number of anilines is 2. The fourth-order valence-electron chi connectivity index (χ4n) is 4.90. The molecule has 2 aliphatic rings. The van der Waals surface area contributed by atoms with E-state index in [0.29, 0.717) is 43.3 Å². The monoisotopic (exact) mass is 485 g/mol. The van der Waals surface area contributed by atoms with Gasteiger partial charge in [-0.1, -0.05) is 48.5 Å². The maximum Gasteiger partial charge on any atom is 0.410 e. The number of hydrogen-bond donors (Lipinski definition) is 2. The molecule has 1 amide bonds. The maximum atomic E-state index is 13.1. The van der Waals surface area contributed by atoms with Gasteiger partial charge < -0.3 is 29.9 Å². The van der Waals surface area contributed by atoms with Crippen LogP contribution in [0.1, 0.15) is 17.2 Å². The Kier molecular flexibility index (Phi) is 5.17. The van der Waals surface area contributed by atoms with Gasteiger partial charge in [-0.3, -0.25) is 4.79 Å². The molecule has 0 unspecified atom stereocenters. The van der Waals surface area contributed by atoms with Gasteiger partial charge in [0.15, 0.2) is 17.6 Å². The van der Waals surface area contributed by atoms with Crippen molar-refractivity contribution in [2.24, 2.45) is 0 Å². The largest absolute Gasteiger partial charge is 0.480 e. The van der Waals surface area contributed by atoms with Crippen molar-refractivity contribution in [2.75, 3.05) is 36.8 Å². The van der Waals surface area contributed by atoms with Gasteiger partial charge in [-0.2, -0.15) is 9.97 Å². The maximum absolute atomic E-state index is 13.1. The summed E-state index contributed by atoms with van der Waals surface area (Å²) in [5, 5.41) is 9.07. The molecule has 36 heavy (non-hydrogen) atoms. The number of carboxylic acid groups (broad SMARTS) is 1. The highest BCUT2D eigenvalue weighted by atomic mass is 16.6. The van der Waals surface area contributed by atoms with Gasteiger partial charge in [0.25, 0.3) is 0 Å². The van der Waals surface area contributed by atoms with E-state index in [2.05, 4.69) is 15.0 Å². The molecule has 3 heterocycles. The lowest BCUT2D eigenvalue weighted by Gasteiger charge is -2.34. The molecule has 0 spiro atoms. The SMILES string of the molecule is Nc1nc(N2CCN(C(=O)OC3c4ccccc4-c4ccccc43)CC2)nc2ncn(CC(=O)O)c12. The summed E-state index contributed by atoms with van der Waals surface area (Å²) < 4.78 is 7.42. The zero-order valence-electron chi connectivity index (χ0n) is 19.2. The van der Waals surface area contributed by atoms with Crippen molar-refractivity contribution in [2.45, 2.75) is 12.6 Å². The summed E-state index contributed by atoms with van der Waals surface area (Å²) in [5.41, 5.74) is 11.0. The van der Waals surface area contributed by atoms with Crippen molar-refractivity contribution in [3.05, 3.63) is 66.0 Å². The Hall–Kier alpha value is -4.67. The number of nitrogens with zero attached hydrogens (tertiary/aromatic N) is 6.